The second-order valence-electron chi connectivity index (χ2n) is 10.4. The number of hydrogen-bond acceptors (Lipinski definition) is 7. The molecule has 1 atom stereocenters. The Morgan fingerprint density at radius 3 is 2.40 bits per heavy atom. The van der Waals surface area contributed by atoms with Crippen LogP contribution in [0.3, 0.4) is 0 Å². The Morgan fingerprint density at radius 1 is 1.12 bits per heavy atom. The summed E-state index contributed by atoms with van der Waals surface area (Å²) in [6, 6.07) is 4.14. The lowest BCUT2D eigenvalue weighted by atomic mass is 9.82. The van der Waals surface area contributed by atoms with Crippen molar-refractivity contribution < 1.29 is 32.3 Å². The monoisotopic (exact) mass is 595 g/mol. The molecule has 0 radical (unpaired) electrons. The molecule has 40 heavy (non-hydrogen) atoms. The standard InChI is InChI=1S/C28H32F3N3O4S2/c1-15(2)34(26(36)17-7-5-16(3)6-8-17)22-12-23(40-24(22)27(37)38-4)18-9-10-20(19(11-18)28(29,30)31)33-25(35)21-13-39-14-32-21/h9-12,14-17,21H,5-8,13H2,1-4H3,(H,33,35)/t16-,17-,21?. The first-order valence-electron chi connectivity index (χ1n) is 13.1. The van der Waals surface area contributed by atoms with Crippen molar-refractivity contribution in [3.63, 3.8) is 0 Å². The number of anilines is 2. The lowest BCUT2D eigenvalue weighted by molar-refractivity contribution is -0.137. The van der Waals surface area contributed by atoms with Gasteiger partial charge in [-0.15, -0.1) is 23.1 Å². The predicted octanol–water partition coefficient (Wildman–Crippen LogP) is 6.87. The molecule has 2 amide bonds. The van der Waals surface area contributed by atoms with E-state index >= 15 is 0 Å². The Bertz CT molecular complexity index is 1300. The Balaban J connectivity index is 1.73. The van der Waals surface area contributed by atoms with Gasteiger partial charge in [0, 0.05) is 22.6 Å². The summed E-state index contributed by atoms with van der Waals surface area (Å²) in [6.45, 7) is 5.84. The van der Waals surface area contributed by atoms with E-state index in [4.69, 9.17) is 4.74 Å². The topological polar surface area (TPSA) is 88.1 Å². The molecule has 1 N–H and O–H groups in total. The quantitative estimate of drug-likeness (QED) is 0.353. The van der Waals surface area contributed by atoms with Crippen molar-refractivity contribution in [1.82, 2.24) is 0 Å². The highest BCUT2D eigenvalue weighted by Gasteiger charge is 2.37. The summed E-state index contributed by atoms with van der Waals surface area (Å²) < 4.78 is 47.3. The molecule has 1 aliphatic heterocycles. The molecule has 1 aliphatic carbocycles. The minimum absolute atomic E-state index is 0.0989. The third-order valence-electron chi connectivity index (χ3n) is 7.20. The summed E-state index contributed by atoms with van der Waals surface area (Å²) in [5.41, 5.74) is 0.641. The third-order valence-corrected chi connectivity index (χ3v) is 9.13. The number of thiophene rings is 1. The zero-order valence-electron chi connectivity index (χ0n) is 22.7. The maximum absolute atomic E-state index is 14.1. The number of nitrogens with one attached hydrogen (secondary N) is 1. The molecule has 1 saturated carbocycles. The van der Waals surface area contributed by atoms with Crippen molar-refractivity contribution in [2.24, 2.45) is 16.8 Å². The van der Waals surface area contributed by atoms with E-state index in [1.807, 2.05) is 13.8 Å². The fourth-order valence-electron chi connectivity index (χ4n) is 4.99. The van der Waals surface area contributed by atoms with Gasteiger partial charge in [0.2, 0.25) is 11.8 Å². The van der Waals surface area contributed by atoms with Gasteiger partial charge in [0.05, 0.1) is 29.6 Å². The van der Waals surface area contributed by atoms with Gasteiger partial charge in [-0.05, 0) is 69.2 Å². The molecule has 0 spiro atoms. The maximum Gasteiger partial charge on any atom is 0.418 e. The van der Waals surface area contributed by atoms with Crippen molar-refractivity contribution in [2.45, 2.75) is 64.7 Å². The zero-order chi connectivity index (χ0) is 29.2. The number of rotatable bonds is 7. The minimum Gasteiger partial charge on any atom is -0.465 e. The molecule has 2 aromatic rings. The molecule has 12 heteroatoms. The summed E-state index contributed by atoms with van der Waals surface area (Å²) in [6.07, 6.45) is -1.37. The van der Waals surface area contributed by atoms with Crippen LogP contribution in [0.1, 0.15) is 61.7 Å². The SMILES string of the molecule is COC(=O)c1sc(-c2ccc(NC(=O)C3CSC=N3)c(C(F)(F)F)c2)cc1N(C(=O)[C@H]1CC[C@H](C)CC1)C(C)C. The van der Waals surface area contributed by atoms with Crippen LogP contribution in [0, 0.1) is 11.8 Å². The number of nitrogens with zero attached hydrogens (tertiary/aromatic N) is 2. The largest absolute Gasteiger partial charge is 0.465 e. The number of carbonyl (C=O) groups excluding carboxylic acids is 3. The Hall–Kier alpha value is -2.86. The lowest BCUT2D eigenvalue weighted by Crippen LogP contribution is -2.42. The molecule has 2 aliphatic rings. The summed E-state index contributed by atoms with van der Waals surface area (Å²) in [7, 11) is 1.22. The lowest BCUT2D eigenvalue weighted by Gasteiger charge is -2.33. The number of hydrogen-bond donors (Lipinski definition) is 1. The second-order valence-corrected chi connectivity index (χ2v) is 12.4. The van der Waals surface area contributed by atoms with Gasteiger partial charge >= 0.3 is 12.1 Å². The molecule has 1 unspecified atom stereocenters. The smallest absolute Gasteiger partial charge is 0.418 e. The van der Waals surface area contributed by atoms with Crippen molar-refractivity contribution in [3.8, 4) is 10.4 Å². The maximum atomic E-state index is 14.1. The highest BCUT2D eigenvalue weighted by molar-refractivity contribution is 8.12. The first-order chi connectivity index (χ1) is 18.9. The van der Waals surface area contributed by atoms with E-state index < -0.39 is 29.7 Å². The summed E-state index contributed by atoms with van der Waals surface area (Å²) in [5, 5.41) is 2.36. The van der Waals surface area contributed by atoms with Crippen LogP contribution in [0.4, 0.5) is 24.5 Å². The predicted molar refractivity (Wildman–Crippen MR) is 153 cm³/mol. The van der Waals surface area contributed by atoms with E-state index in [1.54, 1.807) is 11.0 Å². The summed E-state index contributed by atoms with van der Waals surface area (Å²) in [4.78, 5) is 45.0. The van der Waals surface area contributed by atoms with Gasteiger partial charge in [0.25, 0.3) is 0 Å². The van der Waals surface area contributed by atoms with E-state index in [0.717, 1.165) is 43.1 Å². The normalized spacial score (nSPS) is 20.9. The number of amides is 2. The molecule has 2 heterocycles. The molecule has 216 valence electrons. The molecule has 1 aromatic carbocycles. The molecule has 1 fully saturated rings. The van der Waals surface area contributed by atoms with Crippen LogP contribution in [-0.2, 0) is 20.5 Å². The van der Waals surface area contributed by atoms with E-state index in [1.165, 1.54) is 36.6 Å². The Labute approximate surface area is 239 Å². The van der Waals surface area contributed by atoms with Crippen LogP contribution in [0.2, 0.25) is 0 Å². The third kappa shape index (κ3) is 6.54. The average Bonchev–Trinajstić information content (AvgIpc) is 3.59. The number of thioether (sulfide) groups is 1. The van der Waals surface area contributed by atoms with Gasteiger partial charge in [-0.2, -0.15) is 13.2 Å². The zero-order valence-corrected chi connectivity index (χ0v) is 24.3. The number of aliphatic imine (C=N–C) groups is 1. The van der Waals surface area contributed by atoms with E-state index in [0.29, 0.717) is 22.2 Å². The first kappa shape index (κ1) is 30.1. The number of halogens is 3. The van der Waals surface area contributed by atoms with E-state index in [-0.39, 0.29) is 34.0 Å². The van der Waals surface area contributed by atoms with Crippen LogP contribution >= 0.6 is 23.1 Å². The van der Waals surface area contributed by atoms with Crippen LogP contribution in [0.25, 0.3) is 10.4 Å². The summed E-state index contributed by atoms with van der Waals surface area (Å²) >= 11 is 2.28. The van der Waals surface area contributed by atoms with Crippen molar-refractivity contribution in [2.75, 3.05) is 23.1 Å². The van der Waals surface area contributed by atoms with Crippen molar-refractivity contribution in [3.05, 3.63) is 34.7 Å². The Kier molecular flexibility index (Phi) is 9.29. The number of ether oxygens (including phenoxy) is 1. The second kappa shape index (κ2) is 12.3. The molecule has 7 nitrogen and oxygen atoms in total. The Morgan fingerprint density at radius 2 is 1.82 bits per heavy atom. The van der Waals surface area contributed by atoms with Gasteiger partial charge < -0.3 is 15.0 Å². The summed E-state index contributed by atoms with van der Waals surface area (Å²) in [5.74, 6) is -0.654. The first-order valence-corrected chi connectivity index (χ1v) is 15.0. The van der Waals surface area contributed by atoms with E-state index in [9.17, 15) is 27.6 Å². The molecular formula is C28H32F3N3O4S2. The number of esters is 1. The van der Waals surface area contributed by atoms with Crippen molar-refractivity contribution in [1.29, 1.82) is 0 Å². The van der Waals surface area contributed by atoms with Crippen LogP contribution in [-0.4, -0.2) is 48.3 Å². The van der Waals surface area contributed by atoms with Gasteiger partial charge in [0.1, 0.15) is 10.9 Å². The number of benzene rings is 1. The van der Waals surface area contributed by atoms with Crippen LogP contribution < -0.4 is 10.2 Å². The molecule has 1 aromatic heterocycles. The minimum atomic E-state index is -4.75. The van der Waals surface area contributed by atoms with Gasteiger partial charge in [-0.25, -0.2) is 4.79 Å². The fraction of sp³-hybridized carbons (Fsp3) is 0.500. The highest BCUT2D eigenvalue weighted by atomic mass is 32.2. The fourth-order valence-corrected chi connectivity index (χ4v) is 6.79. The van der Waals surface area contributed by atoms with Crippen LogP contribution in [0.5, 0.6) is 0 Å². The van der Waals surface area contributed by atoms with E-state index in [2.05, 4.69) is 17.2 Å². The molecule has 0 saturated heterocycles. The number of methoxy groups -OCH3 is 1. The van der Waals surface area contributed by atoms with Crippen LogP contribution in [0.15, 0.2) is 29.3 Å². The highest BCUT2D eigenvalue weighted by Crippen LogP contribution is 2.43. The van der Waals surface area contributed by atoms with Gasteiger partial charge in [0.15, 0.2) is 0 Å². The number of alkyl halides is 3. The molecule has 0 bridgehead atoms. The number of carbonyl (C=O) groups is 3. The average molecular weight is 596 g/mol. The van der Waals surface area contributed by atoms with Crippen molar-refractivity contribution >= 4 is 57.8 Å². The van der Waals surface area contributed by atoms with Gasteiger partial charge in [-0.1, -0.05) is 13.0 Å². The molecular weight excluding hydrogens is 563 g/mol. The van der Waals surface area contributed by atoms with Gasteiger partial charge in [-0.3, -0.25) is 14.6 Å². The molecule has 4 rings (SSSR count).